The molecule has 0 atom stereocenters. The molecule has 31 heavy (non-hydrogen) atoms. The zero-order chi connectivity index (χ0) is 22.3. The van der Waals surface area contributed by atoms with E-state index in [4.69, 9.17) is 0 Å². The van der Waals surface area contributed by atoms with Gasteiger partial charge in [-0.05, 0) is 17.5 Å². The smallest absolute Gasteiger partial charge is 0.305 e. The topological polar surface area (TPSA) is 77.1 Å². The summed E-state index contributed by atoms with van der Waals surface area (Å²) in [6.07, 6.45) is -1.99. The minimum absolute atomic E-state index is 0.0863. The highest BCUT2D eigenvalue weighted by Gasteiger charge is 2.36. The third-order valence-corrected chi connectivity index (χ3v) is 4.84. The van der Waals surface area contributed by atoms with E-state index in [1.165, 1.54) is 4.68 Å². The van der Waals surface area contributed by atoms with Gasteiger partial charge in [-0.2, -0.15) is 23.4 Å². The molecule has 0 aliphatic heterocycles. The van der Waals surface area contributed by atoms with Gasteiger partial charge in [0.25, 0.3) is 5.91 Å². The number of alkyl halides is 3. The van der Waals surface area contributed by atoms with Gasteiger partial charge >= 0.3 is 6.18 Å². The molecular formula is C21H19F3N6O. The average Bonchev–Trinajstić information content (AvgIpc) is 3.32. The number of fused-ring (bicyclic) bond motifs is 1. The molecule has 10 heteroatoms. The number of aromatic nitrogens is 5. The third kappa shape index (κ3) is 4.00. The molecule has 0 saturated heterocycles. The summed E-state index contributed by atoms with van der Waals surface area (Å²) >= 11 is 0. The standard InChI is InChI=1S/C21H19F3N6O/c1-12(2)13-4-6-14(7-5-13)16-10-17(21(22,23)24)30-19(26-16)15(11-25-30)20(31)27-18-8-9-29(3)28-18/h4-12H,1-3H3,(H,27,28,31). The summed E-state index contributed by atoms with van der Waals surface area (Å²) in [5, 5.41) is 10.4. The lowest BCUT2D eigenvalue weighted by molar-refractivity contribution is -0.142. The number of nitrogens with one attached hydrogen (secondary N) is 1. The molecule has 0 aliphatic rings. The van der Waals surface area contributed by atoms with Crippen LogP contribution in [-0.4, -0.2) is 30.3 Å². The van der Waals surface area contributed by atoms with Crippen molar-refractivity contribution in [3.05, 3.63) is 65.6 Å². The van der Waals surface area contributed by atoms with E-state index in [-0.39, 0.29) is 28.6 Å². The van der Waals surface area contributed by atoms with Crippen molar-refractivity contribution >= 4 is 17.4 Å². The van der Waals surface area contributed by atoms with Crippen molar-refractivity contribution in [3.63, 3.8) is 0 Å². The summed E-state index contributed by atoms with van der Waals surface area (Å²) < 4.78 is 43.4. The first-order valence-electron chi connectivity index (χ1n) is 9.51. The number of rotatable bonds is 4. The molecule has 0 aliphatic carbocycles. The van der Waals surface area contributed by atoms with Crippen LogP contribution in [0.15, 0.2) is 48.8 Å². The number of benzene rings is 1. The van der Waals surface area contributed by atoms with Crippen LogP contribution >= 0.6 is 0 Å². The molecule has 0 bridgehead atoms. The van der Waals surface area contributed by atoms with Crippen molar-refractivity contribution in [2.24, 2.45) is 7.05 Å². The monoisotopic (exact) mass is 428 g/mol. The first-order chi connectivity index (χ1) is 14.6. The molecule has 0 radical (unpaired) electrons. The first kappa shape index (κ1) is 20.6. The van der Waals surface area contributed by atoms with Crippen molar-refractivity contribution in [2.45, 2.75) is 25.9 Å². The highest BCUT2D eigenvalue weighted by Crippen LogP contribution is 2.33. The van der Waals surface area contributed by atoms with Gasteiger partial charge in [0.2, 0.25) is 0 Å². The zero-order valence-electron chi connectivity index (χ0n) is 17.0. The number of carbonyl (C=O) groups excluding carboxylic acids is 1. The summed E-state index contributed by atoms with van der Waals surface area (Å²) in [5.74, 6) is -0.100. The van der Waals surface area contributed by atoms with Gasteiger partial charge < -0.3 is 5.32 Å². The van der Waals surface area contributed by atoms with Crippen LogP contribution < -0.4 is 5.32 Å². The minimum Gasteiger partial charge on any atom is -0.305 e. The van der Waals surface area contributed by atoms with Crippen LogP contribution in [0.5, 0.6) is 0 Å². The van der Waals surface area contributed by atoms with Crippen molar-refractivity contribution in [2.75, 3.05) is 5.32 Å². The number of carbonyl (C=O) groups is 1. The predicted octanol–water partition coefficient (Wildman–Crippen LogP) is 4.52. The van der Waals surface area contributed by atoms with Crippen LogP contribution in [0.25, 0.3) is 16.9 Å². The van der Waals surface area contributed by atoms with E-state index in [2.05, 4.69) is 20.5 Å². The van der Waals surface area contributed by atoms with Gasteiger partial charge in [-0.3, -0.25) is 9.48 Å². The lowest BCUT2D eigenvalue weighted by Gasteiger charge is -2.12. The largest absolute Gasteiger partial charge is 0.433 e. The molecular weight excluding hydrogens is 409 g/mol. The number of amides is 1. The lowest BCUT2D eigenvalue weighted by atomic mass is 10.0. The second kappa shape index (κ2) is 7.53. The van der Waals surface area contributed by atoms with Crippen LogP contribution in [0.3, 0.4) is 0 Å². The molecule has 3 aromatic heterocycles. The Morgan fingerprint density at radius 1 is 1.13 bits per heavy atom. The zero-order valence-corrected chi connectivity index (χ0v) is 17.0. The van der Waals surface area contributed by atoms with Gasteiger partial charge in [-0.1, -0.05) is 38.1 Å². The molecule has 0 fully saturated rings. The maximum atomic E-state index is 13.7. The number of anilines is 1. The number of hydrogen-bond donors (Lipinski definition) is 1. The number of halogens is 3. The molecule has 1 N–H and O–H groups in total. The molecule has 7 nitrogen and oxygen atoms in total. The van der Waals surface area contributed by atoms with E-state index < -0.39 is 17.8 Å². The number of nitrogens with zero attached hydrogens (tertiary/aromatic N) is 5. The van der Waals surface area contributed by atoms with Crippen molar-refractivity contribution in [3.8, 4) is 11.3 Å². The van der Waals surface area contributed by atoms with E-state index in [1.54, 1.807) is 31.4 Å². The molecule has 1 amide bonds. The SMILES string of the molecule is CC(C)c1ccc(-c2cc(C(F)(F)F)n3ncc(C(=O)Nc4ccn(C)n4)c3n2)cc1. The Balaban J connectivity index is 1.82. The number of aryl methyl sites for hydroxylation is 1. The van der Waals surface area contributed by atoms with Gasteiger partial charge in [0.05, 0.1) is 11.9 Å². The predicted molar refractivity (Wildman–Crippen MR) is 109 cm³/mol. The Morgan fingerprint density at radius 3 is 2.42 bits per heavy atom. The Labute approximate surface area is 175 Å². The fourth-order valence-electron chi connectivity index (χ4n) is 3.18. The summed E-state index contributed by atoms with van der Waals surface area (Å²) in [6, 6.07) is 9.65. The van der Waals surface area contributed by atoms with Crippen molar-refractivity contribution < 1.29 is 18.0 Å². The van der Waals surface area contributed by atoms with Crippen LogP contribution in [0.2, 0.25) is 0 Å². The van der Waals surface area contributed by atoms with E-state index in [9.17, 15) is 18.0 Å². The van der Waals surface area contributed by atoms with Crippen molar-refractivity contribution in [1.29, 1.82) is 0 Å². The Morgan fingerprint density at radius 2 is 1.84 bits per heavy atom. The summed E-state index contributed by atoms with van der Waals surface area (Å²) in [5.41, 5.74) is 0.373. The van der Waals surface area contributed by atoms with Gasteiger partial charge in [-0.25, -0.2) is 9.50 Å². The highest BCUT2D eigenvalue weighted by molar-refractivity contribution is 6.07. The minimum atomic E-state index is -4.69. The Bertz CT molecular complexity index is 1250. The molecule has 0 spiro atoms. The first-order valence-corrected chi connectivity index (χ1v) is 9.51. The number of hydrogen-bond acceptors (Lipinski definition) is 4. The highest BCUT2D eigenvalue weighted by atomic mass is 19.4. The normalized spacial score (nSPS) is 12.0. The van der Waals surface area contributed by atoms with Gasteiger partial charge in [0, 0.05) is 24.9 Å². The molecule has 0 unspecified atom stereocenters. The molecule has 4 rings (SSSR count). The molecule has 1 aromatic carbocycles. The molecule has 4 aromatic rings. The quantitative estimate of drug-likeness (QED) is 0.518. The Hall–Kier alpha value is -3.69. The molecule has 3 heterocycles. The fourth-order valence-corrected chi connectivity index (χ4v) is 3.18. The summed E-state index contributed by atoms with van der Waals surface area (Å²) in [7, 11) is 1.68. The second-order valence-electron chi connectivity index (χ2n) is 7.42. The Kier molecular flexibility index (Phi) is 5.00. The molecule has 0 saturated carbocycles. The maximum Gasteiger partial charge on any atom is 0.433 e. The van der Waals surface area contributed by atoms with E-state index in [0.29, 0.717) is 10.1 Å². The summed E-state index contributed by atoms with van der Waals surface area (Å²) in [6.45, 7) is 4.06. The van der Waals surface area contributed by atoms with Crippen LogP contribution in [0.4, 0.5) is 19.0 Å². The second-order valence-corrected chi connectivity index (χ2v) is 7.42. The van der Waals surface area contributed by atoms with E-state index >= 15 is 0 Å². The lowest BCUT2D eigenvalue weighted by Crippen LogP contribution is -2.16. The van der Waals surface area contributed by atoms with Gasteiger partial charge in [0.15, 0.2) is 17.2 Å². The average molecular weight is 428 g/mol. The van der Waals surface area contributed by atoms with Crippen LogP contribution in [0.1, 0.15) is 41.4 Å². The van der Waals surface area contributed by atoms with Crippen LogP contribution in [0, 0.1) is 0 Å². The van der Waals surface area contributed by atoms with E-state index in [0.717, 1.165) is 17.8 Å². The summed E-state index contributed by atoms with van der Waals surface area (Å²) in [4.78, 5) is 17.0. The van der Waals surface area contributed by atoms with E-state index in [1.807, 2.05) is 26.0 Å². The molecule has 160 valence electrons. The third-order valence-electron chi connectivity index (χ3n) is 4.84. The maximum absolute atomic E-state index is 13.7. The fraction of sp³-hybridized carbons (Fsp3) is 0.238. The van der Waals surface area contributed by atoms with Crippen LogP contribution in [-0.2, 0) is 13.2 Å². The van der Waals surface area contributed by atoms with Crippen molar-refractivity contribution in [1.82, 2.24) is 24.4 Å². The van der Waals surface area contributed by atoms with Gasteiger partial charge in [-0.15, -0.1) is 0 Å². The van der Waals surface area contributed by atoms with Gasteiger partial charge in [0.1, 0.15) is 5.56 Å².